The van der Waals surface area contributed by atoms with Crippen molar-refractivity contribution >= 4 is 27.7 Å². The molecule has 0 heterocycles. The van der Waals surface area contributed by atoms with Crippen molar-refractivity contribution in [2.24, 2.45) is 0 Å². The smallest absolute Gasteiger partial charge is 0.313 e. The zero-order valence-corrected chi connectivity index (χ0v) is 16.7. The molecule has 3 nitrogen and oxygen atoms in total. The number of rotatable bonds is 16. The Morgan fingerprint density at radius 2 is 1.26 bits per heavy atom. The largest absolute Gasteiger partial charge is 0.469 e. The zero-order valence-electron chi connectivity index (χ0n) is 15.1. The van der Waals surface area contributed by atoms with Gasteiger partial charge in [0.25, 0.3) is 0 Å². The van der Waals surface area contributed by atoms with Gasteiger partial charge in [0.2, 0.25) is 0 Å². The van der Waals surface area contributed by atoms with E-state index in [0.717, 1.165) is 12.8 Å². The van der Waals surface area contributed by atoms with Crippen LogP contribution in [0.2, 0.25) is 0 Å². The summed E-state index contributed by atoms with van der Waals surface area (Å²) in [7, 11) is 1.31. The van der Waals surface area contributed by atoms with Crippen LogP contribution in [0.25, 0.3) is 0 Å². The van der Waals surface area contributed by atoms with Gasteiger partial charge in [-0.1, -0.05) is 99.9 Å². The Kier molecular flexibility index (Phi) is 16.2. The second kappa shape index (κ2) is 16.5. The molecular weight excluding hydrogens is 356 g/mol. The number of unbranched alkanes of at least 4 members (excludes halogenated alkanes) is 11. The van der Waals surface area contributed by atoms with Crippen LogP contribution in [0.3, 0.4) is 0 Å². The van der Waals surface area contributed by atoms with Gasteiger partial charge in [-0.05, 0) is 6.42 Å². The van der Waals surface area contributed by atoms with Crippen LogP contribution in [0.4, 0.5) is 0 Å². The first-order valence-electron chi connectivity index (χ1n) is 9.35. The number of ketones is 1. The van der Waals surface area contributed by atoms with Crippen LogP contribution < -0.4 is 0 Å². The van der Waals surface area contributed by atoms with Crippen LogP contribution in [0, 0.1) is 0 Å². The molecule has 0 radical (unpaired) electrons. The number of carbonyl (C=O) groups is 2. The number of ether oxygens (including phenoxy) is 1. The molecule has 0 aromatic rings. The van der Waals surface area contributed by atoms with E-state index >= 15 is 0 Å². The number of alkyl halides is 1. The standard InChI is InChI=1S/C19H35BrO3/c1-3-4-5-6-7-8-9-10-11-12-13-14-15-17(20)18(21)16-19(22)23-2/h17H,3-16H2,1-2H3. The molecule has 0 aliphatic heterocycles. The van der Waals surface area contributed by atoms with Crippen molar-refractivity contribution in [3.63, 3.8) is 0 Å². The molecule has 1 atom stereocenters. The molecule has 4 heteroatoms. The number of esters is 1. The zero-order chi connectivity index (χ0) is 17.3. The Morgan fingerprint density at radius 3 is 1.70 bits per heavy atom. The molecule has 0 aromatic carbocycles. The molecule has 0 saturated heterocycles. The Hall–Kier alpha value is -0.380. The number of Topliss-reactive ketones (excluding diaryl/α,β-unsaturated/α-hetero) is 1. The summed E-state index contributed by atoms with van der Waals surface area (Å²) in [6.45, 7) is 2.26. The summed E-state index contributed by atoms with van der Waals surface area (Å²) in [6.07, 6.45) is 16.5. The van der Waals surface area contributed by atoms with Gasteiger partial charge in [-0.25, -0.2) is 0 Å². The van der Waals surface area contributed by atoms with E-state index in [-0.39, 0.29) is 17.0 Å². The number of hydrogen-bond acceptors (Lipinski definition) is 3. The first-order valence-corrected chi connectivity index (χ1v) is 10.3. The molecule has 0 aliphatic carbocycles. The number of hydrogen-bond donors (Lipinski definition) is 0. The lowest BCUT2D eigenvalue weighted by atomic mass is 10.0. The van der Waals surface area contributed by atoms with Crippen LogP contribution in [0.15, 0.2) is 0 Å². The average Bonchev–Trinajstić information content (AvgIpc) is 2.55. The molecule has 23 heavy (non-hydrogen) atoms. The van der Waals surface area contributed by atoms with Crippen LogP contribution >= 0.6 is 15.9 Å². The van der Waals surface area contributed by atoms with Gasteiger partial charge in [-0.15, -0.1) is 0 Å². The predicted octanol–water partition coefficient (Wildman–Crippen LogP) is 5.97. The maximum Gasteiger partial charge on any atom is 0.313 e. The summed E-state index contributed by atoms with van der Waals surface area (Å²) < 4.78 is 4.51. The van der Waals surface area contributed by atoms with Gasteiger partial charge in [0.05, 0.1) is 11.9 Å². The van der Waals surface area contributed by atoms with E-state index in [2.05, 4.69) is 27.6 Å². The highest BCUT2D eigenvalue weighted by Gasteiger charge is 2.18. The lowest BCUT2D eigenvalue weighted by molar-refractivity contribution is -0.143. The van der Waals surface area contributed by atoms with Gasteiger partial charge in [0.1, 0.15) is 6.42 Å². The topological polar surface area (TPSA) is 43.4 Å². The van der Waals surface area contributed by atoms with Gasteiger partial charge < -0.3 is 4.74 Å². The molecule has 136 valence electrons. The summed E-state index contributed by atoms with van der Waals surface area (Å²) in [5, 5.41) is 0. The molecule has 1 unspecified atom stereocenters. The fourth-order valence-electron chi connectivity index (χ4n) is 2.65. The first-order chi connectivity index (χ1) is 11.1. The van der Waals surface area contributed by atoms with Gasteiger partial charge in [0.15, 0.2) is 5.78 Å². The predicted molar refractivity (Wildman–Crippen MR) is 100 cm³/mol. The molecule has 0 fully saturated rings. The van der Waals surface area contributed by atoms with Crippen molar-refractivity contribution in [1.82, 2.24) is 0 Å². The molecule has 0 aromatic heterocycles. The minimum absolute atomic E-state index is 0.0695. The third-order valence-corrected chi connectivity index (χ3v) is 5.18. The van der Waals surface area contributed by atoms with Gasteiger partial charge in [-0.3, -0.25) is 9.59 Å². The third-order valence-electron chi connectivity index (χ3n) is 4.21. The fourth-order valence-corrected chi connectivity index (χ4v) is 3.14. The lowest BCUT2D eigenvalue weighted by Gasteiger charge is -2.08. The second-order valence-electron chi connectivity index (χ2n) is 6.36. The van der Waals surface area contributed by atoms with E-state index in [1.54, 1.807) is 0 Å². The molecule has 0 saturated carbocycles. The van der Waals surface area contributed by atoms with Gasteiger partial charge >= 0.3 is 5.97 Å². The van der Waals surface area contributed by atoms with E-state index in [4.69, 9.17) is 0 Å². The van der Waals surface area contributed by atoms with Gasteiger partial charge in [0, 0.05) is 0 Å². The van der Waals surface area contributed by atoms with E-state index in [0.29, 0.717) is 0 Å². The van der Waals surface area contributed by atoms with Gasteiger partial charge in [-0.2, -0.15) is 0 Å². The maximum absolute atomic E-state index is 11.7. The summed E-state index contributed by atoms with van der Waals surface area (Å²) >= 11 is 3.37. The van der Waals surface area contributed by atoms with E-state index < -0.39 is 5.97 Å². The summed E-state index contributed by atoms with van der Waals surface area (Å²) in [4.78, 5) is 22.5. The molecule has 0 amide bonds. The van der Waals surface area contributed by atoms with E-state index in [9.17, 15) is 9.59 Å². The summed E-state index contributed by atoms with van der Waals surface area (Å²) in [5.74, 6) is -0.519. The highest BCUT2D eigenvalue weighted by molar-refractivity contribution is 9.10. The Balaban J connectivity index is 3.32. The monoisotopic (exact) mass is 390 g/mol. The molecule has 0 spiro atoms. The third kappa shape index (κ3) is 14.9. The van der Waals surface area contributed by atoms with Crippen LogP contribution in [0.1, 0.15) is 96.8 Å². The summed E-state index contributed by atoms with van der Waals surface area (Å²) in [6, 6.07) is 0. The Bertz CT molecular complexity index is 305. The quantitative estimate of drug-likeness (QED) is 0.141. The van der Waals surface area contributed by atoms with E-state index in [1.807, 2.05) is 0 Å². The highest BCUT2D eigenvalue weighted by Crippen LogP contribution is 2.16. The van der Waals surface area contributed by atoms with Crippen LogP contribution in [0.5, 0.6) is 0 Å². The summed E-state index contributed by atoms with van der Waals surface area (Å²) in [5.41, 5.74) is 0. The lowest BCUT2D eigenvalue weighted by Crippen LogP contribution is -2.18. The normalized spacial score (nSPS) is 12.1. The Morgan fingerprint density at radius 1 is 0.826 bits per heavy atom. The minimum atomic E-state index is -0.450. The van der Waals surface area contributed by atoms with Crippen molar-refractivity contribution in [3.8, 4) is 0 Å². The number of methoxy groups -OCH3 is 1. The minimum Gasteiger partial charge on any atom is -0.469 e. The van der Waals surface area contributed by atoms with Crippen molar-refractivity contribution in [2.45, 2.75) is 102 Å². The second-order valence-corrected chi connectivity index (χ2v) is 7.47. The fraction of sp³-hybridized carbons (Fsp3) is 0.895. The number of halogens is 1. The van der Waals surface area contributed by atoms with Crippen LogP contribution in [-0.4, -0.2) is 23.7 Å². The van der Waals surface area contributed by atoms with Crippen molar-refractivity contribution in [2.75, 3.05) is 7.11 Å². The first kappa shape index (κ1) is 22.6. The molecule has 0 bridgehead atoms. The van der Waals surface area contributed by atoms with Crippen LogP contribution in [-0.2, 0) is 14.3 Å². The average molecular weight is 391 g/mol. The van der Waals surface area contributed by atoms with Crippen molar-refractivity contribution in [3.05, 3.63) is 0 Å². The molecule has 0 rings (SSSR count). The molecule has 0 aliphatic rings. The maximum atomic E-state index is 11.7. The molecule has 0 N–H and O–H groups in total. The number of carbonyl (C=O) groups excluding carboxylic acids is 2. The molecular formula is C19H35BrO3. The Labute approximate surface area is 151 Å². The van der Waals surface area contributed by atoms with Crippen molar-refractivity contribution in [1.29, 1.82) is 0 Å². The SMILES string of the molecule is CCCCCCCCCCCCCCC(Br)C(=O)CC(=O)OC. The van der Waals surface area contributed by atoms with Crippen molar-refractivity contribution < 1.29 is 14.3 Å². The van der Waals surface area contributed by atoms with E-state index in [1.165, 1.54) is 77.7 Å². The highest BCUT2D eigenvalue weighted by atomic mass is 79.9.